The summed E-state index contributed by atoms with van der Waals surface area (Å²) in [6.07, 6.45) is 3.45. The highest BCUT2D eigenvalue weighted by atomic mass is 16.5. The van der Waals surface area contributed by atoms with Gasteiger partial charge in [-0.2, -0.15) is 0 Å². The summed E-state index contributed by atoms with van der Waals surface area (Å²) in [5.41, 5.74) is 6.03. The first kappa shape index (κ1) is 29.0. The van der Waals surface area contributed by atoms with Crippen LogP contribution in [0.1, 0.15) is 42.6 Å². The van der Waals surface area contributed by atoms with Crippen LogP contribution < -0.4 is 9.64 Å². The number of hydrogen-bond acceptors (Lipinski definition) is 5. The van der Waals surface area contributed by atoms with Gasteiger partial charge in [0.05, 0.1) is 25.7 Å². The van der Waals surface area contributed by atoms with Crippen LogP contribution in [-0.4, -0.2) is 46.5 Å². The van der Waals surface area contributed by atoms with Crippen LogP contribution in [0.25, 0.3) is 22.0 Å². The third-order valence-electron chi connectivity index (χ3n) is 8.05. The molecule has 1 amide bonds. The number of aromatic nitrogens is 2. The molecular weight excluding hydrogens is 554 g/mol. The molecule has 224 valence electrons. The first-order chi connectivity index (χ1) is 21.5. The molecule has 0 aliphatic carbocycles. The third kappa shape index (κ3) is 6.29. The molecule has 0 bridgehead atoms. The molecule has 3 heterocycles. The van der Waals surface area contributed by atoms with E-state index >= 15 is 0 Å². The number of carboxylic acid groups (broad SMARTS) is 1. The van der Waals surface area contributed by atoms with E-state index in [0.29, 0.717) is 32.0 Å². The zero-order chi connectivity index (χ0) is 30.5. The highest BCUT2D eigenvalue weighted by Gasteiger charge is 2.24. The Kier molecular flexibility index (Phi) is 8.59. The van der Waals surface area contributed by atoms with Crippen molar-refractivity contribution in [2.24, 2.45) is 0 Å². The first-order valence-electron chi connectivity index (χ1n) is 15.0. The van der Waals surface area contributed by atoms with Crippen LogP contribution in [0.2, 0.25) is 0 Å². The number of esters is 1. The number of aryl methyl sites for hydroxylation is 1. The summed E-state index contributed by atoms with van der Waals surface area (Å²) in [4.78, 5) is 30.3. The van der Waals surface area contributed by atoms with E-state index in [1.54, 1.807) is 0 Å². The molecule has 0 saturated heterocycles. The van der Waals surface area contributed by atoms with Crippen molar-refractivity contribution in [3.8, 4) is 16.9 Å². The van der Waals surface area contributed by atoms with Gasteiger partial charge in [-0.15, -0.1) is 0 Å². The van der Waals surface area contributed by atoms with Crippen molar-refractivity contribution in [1.29, 1.82) is 0 Å². The zero-order valence-corrected chi connectivity index (χ0v) is 24.7. The summed E-state index contributed by atoms with van der Waals surface area (Å²) < 4.78 is 13.5. The Morgan fingerprint density at radius 1 is 0.955 bits per heavy atom. The molecular formula is C36H35N3O5. The van der Waals surface area contributed by atoms with Gasteiger partial charge < -0.3 is 19.1 Å². The number of nitrogens with zero attached hydrogens (tertiary/aromatic N) is 3. The molecule has 8 heteroatoms. The highest BCUT2D eigenvalue weighted by molar-refractivity contribution is 5.86. The number of rotatable bonds is 10. The number of anilines is 1. The van der Waals surface area contributed by atoms with E-state index in [1.807, 2.05) is 67.7 Å². The molecule has 0 fully saturated rings. The molecule has 0 saturated carbocycles. The van der Waals surface area contributed by atoms with Gasteiger partial charge in [-0.3, -0.25) is 9.69 Å². The standard InChI is InChI=1S/C36H35N3O5/c1-2-43-34(40)24-33(27-12-10-26(11-13-27)25-7-4-3-5-8-25)38-21-18-29-23-31(16-17-32(29)38)44-22-19-30-15-14-28-9-6-20-39(36(41)42)35(28)37-30/h3-5,7-8,10-18,21,23,33H,2,6,9,19-20,22,24H2,1H3,(H,41,42). The monoisotopic (exact) mass is 589 g/mol. The first-order valence-corrected chi connectivity index (χ1v) is 15.0. The van der Waals surface area contributed by atoms with E-state index in [4.69, 9.17) is 9.47 Å². The summed E-state index contributed by atoms with van der Waals surface area (Å²) in [6.45, 7) is 3.03. The van der Waals surface area contributed by atoms with Crippen LogP contribution in [0.3, 0.4) is 0 Å². The molecule has 6 rings (SSSR count). The predicted octanol–water partition coefficient (Wildman–Crippen LogP) is 7.30. The molecule has 0 radical (unpaired) electrons. The van der Waals surface area contributed by atoms with Crippen LogP contribution in [0.4, 0.5) is 10.6 Å². The summed E-state index contributed by atoms with van der Waals surface area (Å²) in [5.74, 6) is 1.03. The number of pyridine rings is 1. The van der Waals surface area contributed by atoms with Gasteiger partial charge in [-0.05, 0) is 72.4 Å². The van der Waals surface area contributed by atoms with Gasteiger partial charge in [-0.25, -0.2) is 9.78 Å². The van der Waals surface area contributed by atoms with E-state index in [-0.39, 0.29) is 18.4 Å². The van der Waals surface area contributed by atoms with Crippen LogP contribution >= 0.6 is 0 Å². The number of amides is 1. The van der Waals surface area contributed by atoms with E-state index in [1.165, 1.54) is 4.90 Å². The molecule has 1 aliphatic rings. The van der Waals surface area contributed by atoms with Gasteiger partial charge in [0.1, 0.15) is 11.6 Å². The van der Waals surface area contributed by atoms with Crippen LogP contribution in [-0.2, 0) is 22.4 Å². The second-order valence-corrected chi connectivity index (χ2v) is 10.9. The van der Waals surface area contributed by atoms with E-state index in [9.17, 15) is 14.7 Å². The second-order valence-electron chi connectivity index (χ2n) is 10.9. The third-order valence-corrected chi connectivity index (χ3v) is 8.05. The lowest BCUT2D eigenvalue weighted by Gasteiger charge is -2.26. The van der Waals surface area contributed by atoms with Crippen molar-refractivity contribution in [3.63, 3.8) is 0 Å². The molecule has 1 unspecified atom stereocenters. The molecule has 1 atom stereocenters. The summed E-state index contributed by atoms with van der Waals surface area (Å²) in [7, 11) is 0. The Morgan fingerprint density at radius 3 is 2.52 bits per heavy atom. The van der Waals surface area contributed by atoms with E-state index in [0.717, 1.165) is 57.4 Å². The highest BCUT2D eigenvalue weighted by Crippen LogP contribution is 2.32. The normalized spacial score (nSPS) is 13.3. The Hall–Kier alpha value is -5.11. The Morgan fingerprint density at radius 2 is 1.75 bits per heavy atom. The smallest absolute Gasteiger partial charge is 0.413 e. The van der Waals surface area contributed by atoms with E-state index in [2.05, 4.69) is 45.9 Å². The molecule has 8 nitrogen and oxygen atoms in total. The predicted molar refractivity (Wildman–Crippen MR) is 170 cm³/mol. The fourth-order valence-electron chi connectivity index (χ4n) is 5.86. The largest absolute Gasteiger partial charge is 0.493 e. The molecule has 44 heavy (non-hydrogen) atoms. The minimum absolute atomic E-state index is 0.216. The SMILES string of the molecule is CCOC(=O)CC(c1ccc(-c2ccccc2)cc1)n1ccc2cc(OCCc3ccc4c(n3)N(C(=O)O)CCC4)ccc21. The Balaban J connectivity index is 1.19. The molecule has 1 aliphatic heterocycles. The van der Waals surface area contributed by atoms with Crippen molar-refractivity contribution >= 4 is 28.8 Å². The minimum atomic E-state index is -0.971. The summed E-state index contributed by atoms with van der Waals surface area (Å²) in [5, 5.41) is 10.5. The maximum absolute atomic E-state index is 12.7. The van der Waals surface area contributed by atoms with Crippen molar-refractivity contribution in [2.45, 2.75) is 38.6 Å². The number of benzene rings is 3. The molecule has 3 aromatic carbocycles. The van der Waals surface area contributed by atoms with Gasteiger partial charge >= 0.3 is 12.1 Å². The number of fused-ring (bicyclic) bond motifs is 2. The van der Waals surface area contributed by atoms with E-state index < -0.39 is 6.09 Å². The number of carbonyl (C=O) groups is 2. The molecule has 1 N–H and O–H groups in total. The molecule has 5 aromatic rings. The lowest BCUT2D eigenvalue weighted by atomic mass is 9.99. The van der Waals surface area contributed by atoms with Crippen LogP contribution in [0.15, 0.2) is 97.2 Å². The van der Waals surface area contributed by atoms with Gasteiger partial charge in [0.15, 0.2) is 0 Å². The average Bonchev–Trinajstić information content (AvgIpc) is 3.47. The number of hydrogen-bond donors (Lipinski definition) is 1. The van der Waals surface area contributed by atoms with Gasteiger partial charge in [0.2, 0.25) is 0 Å². The molecule has 2 aromatic heterocycles. The van der Waals surface area contributed by atoms with Crippen LogP contribution in [0.5, 0.6) is 5.75 Å². The number of carbonyl (C=O) groups excluding carboxylic acids is 1. The lowest BCUT2D eigenvalue weighted by molar-refractivity contribution is -0.143. The van der Waals surface area contributed by atoms with Crippen molar-refractivity contribution in [1.82, 2.24) is 9.55 Å². The maximum atomic E-state index is 12.7. The van der Waals surface area contributed by atoms with Gasteiger partial charge in [0, 0.05) is 35.8 Å². The maximum Gasteiger partial charge on any atom is 0.413 e. The van der Waals surface area contributed by atoms with Crippen LogP contribution in [0, 0.1) is 0 Å². The Bertz CT molecular complexity index is 1760. The minimum Gasteiger partial charge on any atom is -0.493 e. The second kappa shape index (κ2) is 13.0. The van der Waals surface area contributed by atoms with Crippen molar-refractivity contribution < 1.29 is 24.2 Å². The zero-order valence-electron chi connectivity index (χ0n) is 24.7. The average molecular weight is 590 g/mol. The van der Waals surface area contributed by atoms with Crippen molar-refractivity contribution in [3.05, 3.63) is 114 Å². The quantitative estimate of drug-likeness (QED) is 0.172. The lowest BCUT2D eigenvalue weighted by Crippen LogP contribution is -2.35. The number of ether oxygens (including phenoxy) is 2. The topological polar surface area (TPSA) is 93.9 Å². The fraction of sp³-hybridized carbons (Fsp3) is 0.250. The summed E-state index contributed by atoms with van der Waals surface area (Å²) in [6, 6.07) is 30.3. The molecule has 0 spiro atoms. The van der Waals surface area contributed by atoms with Gasteiger partial charge in [0.25, 0.3) is 0 Å². The Labute approximate surface area is 256 Å². The van der Waals surface area contributed by atoms with Gasteiger partial charge in [-0.1, -0.05) is 60.7 Å². The van der Waals surface area contributed by atoms with Crippen molar-refractivity contribution in [2.75, 3.05) is 24.7 Å². The summed E-state index contributed by atoms with van der Waals surface area (Å²) >= 11 is 0. The fourth-order valence-corrected chi connectivity index (χ4v) is 5.86.